The molecule has 0 spiro atoms. The number of hydrogen-bond acceptors (Lipinski definition) is 2. The van der Waals surface area contributed by atoms with Crippen molar-refractivity contribution in [2.75, 3.05) is 19.0 Å². The van der Waals surface area contributed by atoms with E-state index in [4.69, 9.17) is 0 Å². The Morgan fingerprint density at radius 1 is 1.10 bits per heavy atom. The van der Waals surface area contributed by atoms with Gasteiger partial charge in [0.2, 0.25) is 0 Å². The first kappa shape index (κ1) is 14.5. The van der Waals surface area contributed by atoms with Crippen molar-refractivity contribution in [3.63, 3.8) is 0 Å². The van der Waals surface area contributed by atoms with Crippen LogP contribution in [-0.2, 0) is 0 Å². The molecule has 0 amide bonds. The van der Waals surface area contributed by atoms with E-state index in [1.807, 2.05) is 73.6 Å². The second-order valence-corrected chi connectivity index (χ2v) is 5.52. The Kier molecular flexibility index (Phi) is 4.74. The van der Waals surface area contributed by atoms with Crippen LogP contribution in [0.25, 0.3) is 6.08 Å². The summed E-state index contributed by atoms with van der Waals surface area (Å²) in [4.78, 5) is 14.0. The van der Waals surface area contributed by atoms with Crippen molar-refractivity contribution >= 4 is 33.5 Å². The first-order chi connectivity index (χ1) is 9.58. The van der Waals surface area contributed by atoms with Crippen LogP contribution in [-0.4, -0.2) is 19.9 Å². The maximum Gasteiger partial charge on any atom is 0.185 e. The highest BCUT2D eigenvalue weighted by atomic mass is 79.9. The molecule has 2 nitrogen and oxygen atoms in total. The molecule has 0 aromatic heterocycles. The Hall–Kier alpha value is -1.87. The average Bonchev–Trinajstić information content (AvgIpc) is 2.45. The zero-order valence-corrected chi connectivity index (χ0v) is 13.1. The Morgan fingerprint density at radius 3 is 2.40 bits per heavy atom. The fourth-order valence-electron chi connectivity index (χ4n) is 1.86. The summed E-state index contributed by atoms with van der Waals surface area (Å²) in [5.41, 5.74) is 2.80. The number of hydrogen-bond donors (Lipinski definition) is 0. The van der Waals surface area contributed by atoms with Crippen LogP contribution in [0.15, 0.2) is 59.1 Å². The van der Waals surface area contributed by atoms with Crippen molar-refractivity contribution < 1.29 is 4.79 Å². The second kappa shape index (κ2) is 6.53. The molecule has 0 N–H and O–H groups in total. The molecule has 0 aliphatic rings. The Morgan fingerprint density at radius 2 is 1.80 bits per heavy atom. The lowest BCUT2D eigenvalue weighted by atomic mass is 10.1. The van der Waals surface area contributed by atoms with Gasteiger partial charge in [0.15, 0.2) is 5.78 Å². The smallest absolute Gasteiger partial charge is 0.185 e. The van der Waals surface area contributed by atoms with Crippen LogP contribution in [0.3, 0.4) is 0 Å². The average molecular weight is 330 g/mol. The largest absolute Gasteiger partial charge is 0.377 e. The quantitative estimate of drug-likeness (QED) is 0.611. The summed E-state index contributed by atoms with van der Waals surface area (Å²) in [5, 5.41) is 0. The molecule has 2 aromatic carbocycles. The number of rotatable bonds is 4. The maximum atomic E-state index is 12.0. The van der Waals surface area contributed by atoms with Crippen LogP contribution in [0.2, 0.25) is 0 Å². The number of allylic oxidation sites excluding steroid dienone is 1. The molecule has 0 saturated carbocycles. The number of ketones is 1. The molecule has 0 atom stereocenters. The molecule has 0 aliphatic heterocycles. The van der Waals surface area contributed by atoms with Crippen molar-refractivity contribution in [2.24, 2.45) is 0 Å². The fraction of sp³-hybridized carbons (Fsp3) is 0.118. The highest BCUT2D eigenvalue weighted by Gasteiger charge is 2.03. The van der Waals surface area contributed by atoms with E-state index >= 15 is 0 Å². The highest BCUT2D eigenvalue weighted by Crippen LogP contribution is 2.26. The minimum absolute atomic E-state index is 0.0124. The van der Waals surface area contributed by atoms with Crippen molar-refractivity contribution in [2.45, 2.75) is 0 Å². The number of benzene rings is 2. The van der Waals surface area contributed by atoms with Gasteiger partial charge in [-0.2, -0.15) is 0 Å². The van der Waals surface area contributed by atoms with E-state index in [2.05, 4.69) is 15.9 Å². The molecule has 0 saturated heterocycles. The van der Waals surface area contributed by atoms with Gasteiger partial charge in [-0.1, -0.05) is 42.5 Å². The van der Waals surface area contributed by atoms with Crippen molar-refractivity contribution in [3.8, 4) is 0 Å². The van der Waals surface area contributed by atoms with E-state index < -0.39 is 0 Å². The van der Waals surface area contributed by atoms with Gasteiger partial charge in [-0.15, -0.1) is 0 Å². The van der Waals surface area contributed by atoms with Crippen molar-refractivity contribution in [3.05, 3.63) is 70.2 Å². The number of carbonyl (C=O) groups is 1. The van der Waals surface area contributed by atoms with Gasteiger partial charge < -0.3 is 4.90 Å². The summed E-state index contributed by atoms with van der Waals surface area (Å²) in [6, 6.07) is 15.3. The Bertz CT molecular complexity index is 633. The molecule has 20 heavy (non-hydrogen) atoms. The van der Waals surface area contributed by atoms with E-state index in [0.29, 0.717) is 5.56 Å². The molecule has 0 heterocycles. The Balaban J connectivity index is 2.16. The molecular weight excluding hydrogens is 314 g/mol. The third-order valence-corrected chi connectivity index (χ3v) is 3.57. The summed E-state index contributed by atoms with van der Waals surface area (Å²) < 4.78 is 1.01. The zero-order valence-electron chi connectivity index (χ0n) is 11.5. The summed E-state index contributed by atoms with van der Waals surface area (Å²) in [6.45, 7) is 0. The number of anilines is 1. The van der Waals surface area contributed by atoms with Gasteiger partial charge in [-0.25, -0.2) is 0 Å². The summed E-state index contributed by atoms with van der Waals surface area (Å²) in [6.07, 6.45) is 3.44. The maximum absolute atomic E-state index is 12.0. The van der Waals surface area contributed by atoms with Gasteiger partial charge in [0.1, 0.15) is 0 Å². The van der Waals surface area contributed by atoms with Gasteiger partial charge >= 0.3 is 0 Å². The number of carbonyl (C=O) groups excluding carboxylic acids is 1. The molecule has 102 valence electrons. The van der Waals surface area contributed by atoms with Gasteiger partial charge in [-0.3, -0.25) is 4.79 Å². The van der Waals surface area contributed by atoms with Crippen LogP contribution < -0.4 is 4.90 Å². The van der Waals surface area contributed by atoms with Gasteiger partial charge in [-0.05, 0) is 39.7 Å². The van der Waals surface area contributed by atoms with E-state index in [1.165, 1.54) is 0 Å². The summed E-state index contributed by atoms with van der Waals surface area (Å²) in [5.74, 6) is 0.0124. The van der Waals surface area contributed by atoms with Gasteiger partial charge in [0.05, 0.1) is 5.69 Å². The molecule has 0 unspecified atom stereocenters. The topological polar surface area (TPSA) is 20.3 Å². The van der Waals surface area contributed by atoms with Crippen molar-refractivity contribution in [1.82, 2.24) is 0 Å². The van der Waals surface area contributed by atoms with Crippen LogP contribution >= 0.6 is 15.9 Å². The van der Waals surface area contributed by atoms with E-state index in [0.717, 1.165) is 15.7 Å². The predicted octanol–water partition coefficient (Wildman–Crippen LogP) is 4.41. The number of nitrogens with zero attached hydrogens (tertiary/aromatic N) is 1. The zero-order chi connectivity index (χ0) is 14.5. The van der Waals surface area contributed by atoms with Crippen LogP contribution in [0.1, 0.15) is 15.9 Å². The van der Waals surface area contributed by atoms with Crippen LogP contribution in [0, 0.1) is 0 Å². The molecule has 0 aliphatic carbocycles. The van der Waals surface area contributed by atoms with Crippen LogP contribution in [0.5, 0.6) is 0 Å². The standard InChI is InChI=1S/C17H16BrNO/c1-19(2)16-10-8-13(12-15(16)18)9-11-17(20)14-6-4-3-5-7-14/h3-12H,1-2H3. The number of halogens is 1. The predicted molar refractivity (Wildman–Crippen MR) is 88.3 cm³/mol. The highest BCUT2D eigenvalue weighted by molar-refractivity contribution is 9.10. The monoisotopic (exact) mass is 329 g/mol. The minimum Gasteiger partial charge on any atom is -0.377 e. The fourth-order valence-corrected chi connectivity index (χ4v) is 2.61. The molecule has 2 rings (SSSR count). The molecule has 0 bridgehead atoms. The second-order valence-electron chi connectivity index (χ2n) is 4.67. The van der Waals surface area contributed by atoms with E-state index in [9.17, 15) is 4.79 Å². The first-order valence-corrected chi connectivity index (χ1v) is 7.11. The molecule has 0 fully saturated rings. The van der Waals surface area contributed by atoms with Gasteiger partial charge in [0.25, 0.3) is 0 Å². The van der Waals surface area contributed by atoms with Crippen molar-refractivity contribution in [1.29, 1.82) is 0 Å². The van der Waals surface area contributed by atoms with E-state index in [-0.39, 0.29) is 5.78 Å². The van der Waals surface area contributed by atoms with E-state index in [1.54, 1.807) is 6.08 Å². The third kappa shape index (κ3) is 3.58. The molecular formula is C17H16BrNO. The SMILES string of the molecule is CN(C)c1ccc(C=CC(=O)c2ccccc2)cc1Br. The minimum atomic E-state index is 0.0124. The third-order valence-electron chi connectivity index (χ3n) is 2.94. The molecule has 3 heteroatoms. The van der Waals surface area contributed by atoms with Gasteiger partial charge in [0, 0.05) is 24.1 Å². The normalized spacial score (nSPS) is 10.8. The lowest BCUT2D eigenvalue weighted by Gasteiger charge is -2.14. The lowest BCUT2D eigenvalue weighted by molar-refractivity contribution is 0.104. The first-order valence-electron chi connectivity index (χ1n) is 6.32. The van der Waals surface area contributed by atoms with Crippen LogP contribution in [0.4, 0.5) is 5.69 Å². The summed E-state index contributed by atoms with van der Waals surface area (Å²) in [7, 11) is 3.99. The Labute approximate surface area is 127 Å². The molecule has 2 aromatic rings. The lowest BCUT2D eigenvalue weighted by Crippen LogP contribution is -2.09. The summed E-state index contributed by atoms with van der Waals surface area (Å²) >= 11 is 3.54. The molecule has 0 radical (unpaired) electrons.